The Hall–Kier alpha value is -1.91. The summed E-state index contributed by atoms with van der Waals surface area (Å²) in [6.45, 7) is 11.3. The van der Waals surface area contributed by atoms with Crippen molar-refractivity contribution in [2.75, 3.05) is 31.1 Å². The average Bonchev–Trinajstić information content (AvgIpc) is 3.18. The Labute approximate surface area is 201 Å². The molecule has 31 heavy (non-hydrogen) atoms. The van der Waals surface area contributed by atoms with Gasteiger partial charge in [-0.25, -0.2) is 4.39 Å². The molecule has 0 radical (unpaired) electrons. The number of hydrogen-bond donors (Lipinski definition) is 2. The number of anilines is 1. The van der Waals surface area contributed by atoms with Crippen LogP contribution in [-0.4, -0.2) is 48.3 Å². The third-order valence-electron chi connectivity index (χ3n) is 5.20. The van der Waals surface area contributed by atoms with E-state index in [9.17, 15) is 4.39 Å². The van der Waals surface area contributed by atoms with E-state index in [0.717, 1.165) is 55.5 Å². The van der Waals surface area contributed by atoms with Crippen molar-refractivity contribution in [3.8, 4) is 0 Å². The van der Waals surface area contributed by atoms with Gasteiger partial charge in [-0.2, -0.15) is 4.98 Å². The fraction of sp³-hybridized carbons (Fsp3) is 0.591. The number of rotatable bonds is 7. The molecule has 1 fully saturated rings. The molecule has 2 heterocycles. The van der Waals surface area contributed by atoms with E-state index < -0.39 is 0 Å². The van der Waals surface area contributed by atoms with Crippen molar-refractivity contribution in [3.63, 3.8) is 0 Å². The predicted molar refractivity (Wildman–Crippen MR) is 133 cm³/mol. The van der Waals surface area contributed by atoms with E-state index in [1.54, 1.807) is 6.07 Å². The zero-order chi connectivity index (χ0) is 21.5. The van der Waals surface area contributed by atoms with Crippen LogP contribution in [0.4, 0.5) is 10.1 Å². The van der Waals surface area contributed by atoms with Gasteiger partial charge in [0.25, 0.3) is 0 Å². The predicted octanol–water partition coefficient (Wildman–Crippen LogP) is 4.03. The standard InChI is InChI=1S/C22H33FN6O.HI/c1-5-24-22(25-11-10-20-27-21(15(2)3)28-30-20)26-18-7-6-12-29(14-18)19-9-8-17(23)13-16(19)4;/h8-9,13,15,18H,5-7,10-12,14H2,1-4H3,(H2,24,25,26);1H. The number of aromatic nitrogens is 2. The SMILES string of the molecule is CCNC(=NCCc1nc(C(C)C)no1)NC1CCCN(c2ccc(F)cc2C)C1.I. The van der Waals surface area contributed by atoms with Crippen molar-refractivity contribution < 1.29 is 8.91 Å². The summed E-state index contributed by atoms with van der Waals surface area (Å²) in [7, 11) is 0. The monoisotopic (exact) mass is 544 g/mol. The van der Waals surface area contributed by atoms with E-state index in [1.807, 2.05) is 26.8 Å². The van der Waals surface area contributed by atoms with Crippen LogP contribution in [0, 0.1) is 12.7 Å². The molecular weight excluding hydrogens is 510 g/mol. The molecule has 0 bridgehead atoms. The topological polar surface area (TPSA) is 78.6 Å². The minimum atomic E-state index is -0.189. The summed E-state index contributed by atoms with van der Waals surface area (Å²) in [5, 5.41) is 10.9. The van der Waals surface area contributed by atoms with Crippen LogP contribution in [0.3, 0.4) is 0 Å². The summed E-state index contributed by atoms with van der Waals surface area (Å²) in [6, 6.07) is 5.28. The van der Waals surface area contributed by atoms with Crippen molar-refractivity contribution in [1.82, 2.24) is 20.8 Å². The van der Waals surface area contributed by atoms with E-state index in [4.69, 9.17) is 4.52 Å². The number of nitrogens with zero attached hydrogens (tertiary/aromatic N) is 4. The number of aryl methyl sites for hydroxylation is 1. The molecule has 2 N–H and O–H groups in total. The van der Waals surface area contributed by atoms with Crippen LogP contribution in [-0.2, 0) is 6.42 Å². The van der Waals surface area contributed by atoms with Crippen molar-refractivity contribution >= 4 is 35.6 Å². The lowest BCUT2D eigenvalue weighted by Gasteiger charge is -2.36. The van der Waals surface area contributed by atoms with Gasteiger partial charge in [0.2, 0.25) is 5.89 Å². The van der Waals surface area contributed by atoms with Crippen LogP contribution >= 0.6 is 24.0 Å². The van der Waals surface area contributed by atoms with Crippen LogP contribution in [0.5, 0.6) is 0 Å². The highest BCUT2D eigenvalue weighted by Crippen LogP contribution is 2.24. The number of piperidine rings is 1. The molecule has 9 heteroatoms. The Morgan fingerprint density at radius 1 is 1.39 bits per heavy atom. The van der Waals surface area contributed by atoms with Gasteiger partial charge in [0.1, 0.15) is 5.82 Å². The maximum absolute atomic E-state index is 13.5. The largest absolute Gasteiger partial charge is 0.369 e. The highest BCUT2D eigenvalue weighted by atomic mass is 127. The summed E-state index contributed by atoms with van der Waals surface area (Å²) in [4.78, 5) is 11.4. The third-order valence-corrected chi connectivity index (χ3v) is 5.20. The smallest absolute Gasteiger partial charge is 0.228 e. The molecule has 3 rings (SSSR count). The Balaban J connectivity index is 0.00000341. The van der Waals surface area contributed by atoms with Crippen LogP contribution in [0.25, 0.3) is 0 Å². The second-order valence-corrected chi connectivity index (χ2v) is 8.07. The molecule has 1 aliphatic rings. The molecule has 1 aromatic heterocycles. The Kier molecular flexibility index (Phi) is 9.98. The van der Waals surface area contributed by atoms with Gasteiger partial charge in [0.15, 0.2) is 11.8 Å². The molecule has 0 spiro atoms. The van der Waals surface area contributed by atoms with Crippen molar-refractivity contribution in [1.29, 1.82) is 0 Å². The molecule has 2 aromatic rings. The van der Waals surface area contributed by atoms with E-state index >= 15 is 0 Å². The first-order valence-electron chi connectivity index (χ1n) is 10.8. The molecule has 1 atom stereocenters. The zero-order valence-electron chi connectivity index (χ0n) is 18.8. The third kappa shape index (κ3) is 7.33. The van der Waals surface area contributed by atoms with Crippen LogP contribution in [0.2, 0.25) is 0 Å². The number of guanidine groups is 1. The second kappa shape index (κ2) is 12.2. The average molecular weight is 544 g/mol. The first kappa shape index (κ1) is 25.4. The number of aliphatic imine (C=N–C) groups is 1. The van der Waals surface area contributed by atoms with Crippen molar-refractivity contribution in [2.45, 2.75) is 58.9 Å². The van der Waals surface area contributed by atoms with Gasteiger partial charge in [0.05, 0.1) is 6.54 Å². The van der Waals surface area contributed by atoms with E-state index in [1.165, 1.54) is 6.07 Å². The first-order chi connectivity index (χ1) is 14.5. The molecule has 1 aromatic carbocycles. The van der Waals surface area contributed by atoms with Gasteiger partial charge in [0, 0.05) is 43.7 Å². The number of hydrogen-bond acceptors (Lipinski definition) is 5. The maximum Gasteiger partial charge on any atom is 0.228 e. The van der Waals surface area contributed by atoms with Crippen molar-refractivity contribution in [3.05, 3.63) is 41.3 Å². The fourth-order valence-corrected chi connectivity index (χ4v) is 3.67. The minimum absolute atomic E-state index is 0. The van der Waals surface area contributed by atoms with E-state index in [-0.39, 0.29) is 41.8 Å². The highest BCUT2D eigenvalue weighted by Gasteiger charge is 2.22. The van der Waals surface area contributed by atoms with Gasteiger partial charge < -0.3 is 20.1 Å². The lowest BCUT2D eigenvalue weighted by Crippen LogP contribution is -2.51. The maximum atomic E-state index is 13.5. The quantitative estimate of drug-likeness (QED) is 0.312. The molecule has 172 valence electrons. The van der Waals surface area contributed by atoms with Gasteiger partial charge in [-0.3, -0.25) is 4.99 Å². The number of nitrogens with one attached hydrogen (secondary N) is 2. The molecule has 0 aliphatic carbocycles. The summed E-state index contributed by atoms with van der Waals surface area (Å²) < 4.78 is 18.8. The van der Waals surface area contributed by atoms with Gasteiger partial charge in [-0.1, -0.05) is 19.0 Å². The van der Waals surface area contributed by atoms with Gasteiger partial charge in [-0.05, 0) is 50.5 Å². The second-order valence-electron chi connectivity index (χ2n) is 8.07. The Morgan fingerprint density at radius 2 is 2.19 bits per heavy atom. The van der Waals surface area contributed by atoms with E-state index in [2.05, 4.69) is 37.6 Å². The highest BCUT2D eigenvalue weighted by molar-refractivity contribution is 14.0. The summed E-state index contributed by atoms with van der Waals surface area (Å²) >= 11 is 0. The Bertz CT molecular complexity index is 856. The zero-order valence-corrected chi connectivity index (χ0v) is 21.2. The minimum Gasteiger partial charge on any atom is -0.369 e. The molecule has 0 amide bonds. The number of halogens is 2. The molecule has 1 unspecified atom stereocenters. The number of benzene rings is 1. The molecule has 1 saturated heterocycles. The summed E-state index contributed by atoms with van der Waals surface area (Å²) in [5.41, 5.74) is 2.07. The Morgan fingerprint density at radius 3 is 2.87 bits per heavy atom. The van der Waals surface area contributed by atoms with Crippen LogP contribution in [0.1, 0.15) is 56.8 Å². The van der Waals surface area contributed by atoms with Crippen LogP contribution in [0.15, 0.2) is 27.7 Å². The normalized spacial score (nSPS) is 16.9. The van der Waals surface area contributed by atoms with Gasteiger partial charge in [-0.15, -0.1) is 24.0 Å². The molecule has 7 nitrogen and oxygen atoms in total. The fourth-order valence-electron chi connectivity index (χ4n) is 3.67. The van der Waals surface area contributed by atoms with Crippen molar-refractivity contribution in [2.24, 2.45) is 4.99 Å². The lowest BCUT2D eigenvalue weighted by atomic mass is 10.0. The summed E-state index contributed by atoms with van der Waals surface area (Å²) in [6.07, 6.45) is 2.76. The first-order valence-corrected chi connectivity index (χ1v) is 10.8. The summed E-state index contributed by atoms with van der Waals surface area (Å²) in [5.74, 6) is 2.21. The molecular formula is C22H34FIN6O. The molecule has 1 aliphatic heterocycles. The van der Waals surface area contributed by atoms with E-state index in [0.29, 0.717) is 18.9 Å². The lowest BCUT2D eigenvalue weighted by molar-refractivity contribution is 0.372. The molecule has 0 saturated carbocycles. The van der Waals surface area contributed by atoms with Crippen LogP contribution < -0.4 is 15.5 Å². The van der Waals surface area contributed by atoms with Gasteiger partial charge >= 0.3 is 0 Å².